The van der Waals surface area contributed by atoms with Crippen LogP contribution in [0.2, 0.25) is 5.02 Å². The third kappa shape index (κ3) is 4.78. The van der Waals surface area contributed by atoms with Gasteiger partial charge in [0.05, 0.1) is 14.2 Å². The number of anilines is 1. The summed E-state index contributed by atoms with van der Waals surface area (Å²) in [6.45, 7) is 1.68. The van der Waals surface area contributed by atoms with Gasteiger partial charge in [-0.15, -0.1) is 0 Å². The van der Waals surface area contributed by atoms with Gasteiger partial charge in [0.2, 0.25) is 0 Å². The number of nitrogens with two attached hydrogens (primary N) is 1. The van der Waals surface area contributed by atoms with E-state index in [1.807, 2.05) is 24.3 Å². The Morgan fingerprint density at radius 3 is 2.43 bits per heavy atom. The van der Waals surface area contributed by atoms with E-state index >= 15 is 0 Å². The first-order valence-corrected chi connectivity index (χ1v) is 7.99. The lowest BCUT2D eigenvalue weighted by atomic mass is 10.1. The Morgan fingerprint density at radius 1 is 1.09 bits per heavy atom. The summed E-state index contributed by atoms with van der Waals surface area (Å²) in [6.07, 6.45) is 1.95. The maximum Gasteiger partial charge on any atom is 0.120 e. The van der Waals surface area contributed by atoms with E-state index in [0.29, 0.717) is 6.54 Å². The molecule has 5 heteroatoms. The monoisotopic (exact) mass is 334 g/mol. The molecular formula is C18H23ClN2O2. The number of rotatable bonds is 4. The van der Waals surface area contributed by atoms with Crippen molar-refractivity contribution in [2.75, 3.05) is 32.6 Å². The van der Waals surface area contributed by atoms with E-state index in [9.17, 15) is 0 Å². The number of benzene rings is 2. The second-order valence-corrected chi connectivity index (χ2v) is 5.60. The molecule has 2 aromatic carbocycles. The van der Waals surface area contributed by atoms with Gasteiger partial charge in [-0.2, -0.15) is 0 Å². The maximum atomic E-state index is 5.95. The normalized spacial score (nSPS) is 11.8. The molecule has 4 nitrogen and oxygen atoms in total. The molecule has 0 spiro atoms. The number of nitrogens with one attached hydrogen (secondary N) is 1. The van der Waals surface area contributed by atoms with Crippen molar-refractivity contribution in [3.63, 3.8) is 0 Å². The highest BCUT2D eigenvalue weighted by molar-refractivity contribution is 6.31. The van der Waals surface area contributed by atoms with Crippen LogP contribution in [0.4, 0.5) is 5.69 Å². The van der Waals surface area contributed by atoms with Crippen molar-refractivity contribution in [1.82, 2.24) is 0 Å². The SMILES string of the molecule is COc1ccc(CCN)c(Cl)c1.COc1ccc2c(c1)NCC2. The van der Waals surface area contributed by atoms with Gasteiger partial charge in [0.1, 0.15) is 11.5 Å². The van der Waals surface area contributed by atoms with Crippen LogP contribution in [0.5, 0.6) is 11.5 Å². The van der Waals surface area contributed by atoms with E-state index in [2.05, 4.69) is 11.4 Å². The van der Waals surface area contributed by atoms with Crippen LogP contribution in [0.3, 0.4) is 0 Å². The minimum absolute atomic E-state index is 0.617. The zero-order chi connectivity index (χ0) is 16.7. The molecule has 2 aromatic rings. The van der Waals surface area contributed by atoms with Gasteiger partial charge >= 0.3 is 0 Å². The molecule has 3 N–H and O–H groups in total. The summed E-state index contributed by atoms with van der Waals surface area (Å²) >= 11 is 5.95. The van der Waals surface area contributed by atoms with Crippen molar-refractivity contribution in [3.05, 3.63) is 52.5 Å². The van der Waals surface area contributed by atoms with E-state index in [1.165, 1.54) is 11.3 Å². The lowest BCUT2D eigenvalue weighted by Crippen LogP contribution is -2.03. The Balaban J connectivity index is 0.000000167. The molecular weight excluding hydrogens is 312 g/mol. The zero-order valence-corrected chi connectivity index (χ0v) is 14.3. The molecule has 0 amide bonds. The van der Waals surface area contributed by atoms with Crippen LogP contribution in [-0.2, 0) is 12.8 Å². The minimum atomic E-state index is 0.617. The van der Waals surface area contributed by atoms with Crippen LogP contribution < -0.4 is 20.5 Å². The molecule has 0 saturated carbocycles. The van der Waals surface area contributed by atoms with Gasteiger partial charge in [0.25, 0.3) is 0 Å². The molecule has 0 fully saturated rings. The summed E-state index contributed by atoms with van der Waals surface area (Å²) in [4.78, 5) is 0. The van der Waals surface area contributed by atoms with Crippen LogP contribution >= 0.6 is 11.6 Å². The number of fused-ring (bicyclic) bond motifs is 1. The van der Waals surface area contributed by atoms with E-state index in [0.717, 1.165) is 41.5 Å². The standard InChI is InChI=1S/C9H12ClNO.C9H11NO/c1-12-8-3-2-7(4-5-11)9(10)6-8;1-11-8-3-2-7-4-5-10-9(7)6-8/h2-3,6H,4-5,11H2,1H3;2-3,6,10H,4-5H2,1H3. The van der Waals surface area contributed by atoms with E-state index < -0.39 is 0 Å². The van der Waals surface area contributed by atoms with Gasteiger partial charge in [0, 0.05) is 23.3 Å². The zero-order valence-electron chi connectivity index (χ0n) is 13.6. The topological polar surface area (TPSA) is 56.5 Å². The molecule has 3 rings (SSSR count). The Kier molecular flexibility index (Phi) is 6.56. The van der Waals surface area contributed by atoms with Crippen molar-refractivity contribution in [1.29, 1.82) is 0 Å². The quantitative estimate of drug-likeness (QED) is 0.898. The molecule has 0 aromatic heterocycles. The summed E-state index contributed by atoms with van der Waals surface area (Å²) in [7, 11) is 3.31. The molecule has 0 saturated heterocycles. The average Bonchev–Trinajstić information content (AvgIpc) is 3.05. The highest BCUT2D eigenvalue weighted by Crippen LogP contribution is 2.26. The molecule has 1 heterocycles. The molecule has 23 heavy (non-hydrogen) atoms. The van der Waals surface area contributed by atoms with Gasteiger partial charge in [-0.25, -0.2) is 0 Å². The first-order valence-electron chi connectivity index (χ1n) is 7.61. The molecule has 1 aliphatic rings. The van der Waals surface area contributed by atoms with Crippen molar-refractivity contribution in [2.24, 2.45) is 5.73 Å². The summed E-state index contributed by atoms with van der Waals surface area (Å²) < 4.78 is 10.1. The van der Waals surface area contributed by atoms with Gasteiger partial charge in [-0.3, -0.25) is 0 Å². The number of halogens is 1. The predicted molar refractivity (Wildman–Crippen MR) is 96.0 cm³/mol. The van der Waals surface area contributed by atoms with Crippen LogP contribution in [0.25, 0.3) is 0 Å². The molecule has 0 radical (unpaired) electrons. The highest BCUT2D eigenvalue weighted by atomic mass is 35.5. The lowest BCUT2D eigenvalue weighted by molar-refractivity contribution is 0.414. The van der Waals surface area contributed by atoms with Crippen molar-refractivity contribution >= 4 is 17.3 Å². The van der Waals surface area contributed by atoms with E-state index in [1.54, 1.807) is 20.3 Å². The number of hydrogen-bond donors (Lipinski definition) is 2. The molecule has 124 valence electrons. The number of methoxy groups -OCH3 is 2. The Labute approximate surface area is 142 Å². The van der Waals surface area contributed by atoms with Gasteiger partial charge < -0.3 is 20.5 Å². The Morgan fingerprint density at radius 2 is 1.78 bits per heavy atom. The van der Waals surface area contributed by atoms with Crippen molar-refractivity contribution in [3.8, 4) is 11.5 Å². The lowest BCUT2D eigenvalue weighted by Gasteiger charge is -2.04. The predicted octanol–water partition coefficient (Wildman–Crippen LogP) is 3.51. The molecule has 0 unspecified atom stereocenters. The molecule has 0 atom stereocenters. The van der Waals surface area contributed by atoms with Gasteiger partial charge in [0.15, 0.2) is 0 Å². The fourth-order valence-corrected chi connectivity index (χ4v) is 2.68. The third-order valence-electron chi connectivity index (χ3n) is 3.70. The van der Waals surface area contributed by atoms with Crippen LogP contribution in [0.1, 0.15) is 11.1 Å². The summed E-state index contributed by atoms with van der Waals surface area (Å²) in [5.74, 6) is 1.71. The van der Waals surface area contributed by atoms with Crippen LogP contribution in [0, 0.1) is 0 Å². The maximum absolute atomic E-state index is 5.95. The average molecular weight is 335 g/mol. The highest BCUT2D eigenvalue weighted by Gasteiger charge is 2.09. The van der Waals surface area contributed by atoms with Gasteiger partial charge in [-0.1, -0.05) is 23.7 Å². The smallest absolute Gasteiger partial charge is 0.120 e. The Hall–Kier alpha value is -1.91. The van der Waals surface area contributed by atoms with Crippen LogP contribution in [-0.4, -0.2) is 27.3 Å². The van der Waals surface area contributed by atoms with Gasteiger partial charge in [-0.05, 0) is 48.7 Å². The first kappa shape index (κ1) is 17.4. The summed E-state index contributed by atoms with van der Waals surface area (Å²) in [6, 6.07) is 11.8. The van der Waals surface area contributed by atoms with Crippen LogP contribution in [0.15, 0.2) is 36.4 Å². The van der Waals surface area contributed by atoms with E-state index in [-0.39, 0.29) is 0 Å². The number of ether oxygens (including phenoxy) is 2. The largest absolute Gasteiger partial charge is 0.497 e. The fraction of sp³-hybridized carbons (Fsp3) is 0.333. The molecule has 0 aliphatic carbocycles. The van der Waals surface area contributed by atoms with E-state index in [4.69, 9.17) is 26.8 Å². The van der Waals surface area contributed by atoms with Crippen molar-refractivity contribution < 1.29 is 9.47 Å². The second-order valence-electron chi connectivity index (χ2n) is 5.20. The summed E-state index contributed by atoms with van der Waals surface area (Å²) in [5.41, 5.74) is 9.10. The number of hydrogen-bond acceptors (Lipinski definition) is 4. The fourth-order valence-electron chi connectivity index (χ4n) is 2.41. The molecule has 1 aliphatic heterocycles. The second kappa shape index (κ2) is 8.65. The molecule has 0 bridgehead atoms. The first-order chi connectivity index (χ1) is 11.2. The Bertz CT molecular complexity index is 647. The van der Waals surface area contributed by atoms with Crippen molar-refractivity contribution in [2.45, 2.75) is 12.8 Å². The summed E-state index contributed by atoms with van der Waals surface area (Å²) in [5, 5.41) is 4.02. The minimum Gasteiger partial charge on any atom is -0.497 e. The third-order valence-corrected chi connectivity index (χ3v) is 4.05.